The maximum Gasteiger partial charge on any atom is 0.418 e. The number of fused-ring (bicyclic) bond motifs is 1. The number of hydrogen-bond acceptors (Lipinski definition) is 5. The normalized spacial score (nSPS) is 21.6. The second kappa shape index (κ2) is 10.0. The van der Waals surface area contributed by atoms with Gasteiger partial charge >= 0.3 is 11.9 Å². The molecule has 1 saturated carbocycles. The zero-order valence-electron chi connectivity index (χ0n) is 22.4. The summed E-state index contributed by atoms with van der Waals surface area (Å²) in [5, 5.41) is 4.54. The number of likely N-dealkylation sites (tertiary alicyclic amines) is 1. The van der Waals surface area contributed by atoms with Crippen molar-refractivity contribution < 1.29 is 13.2 Å². The van der Waals surface area contributed by atoms with Gasteiger partial charge in [-0.05, 0) is 73.4 Å². The van der Waals surface area contributed by atoms with E-state index in [0.29, 0.717) is 36.3 Å². The molecule has 4 heterocycles. The molecule has 3 aliphatic rings. The summed E-state index contributed by atoms with van der Waals surface area (Å²) in [7, 11) is 2.00. The van der Waals surface area contributed by atoms with Gasteiger partial charge in [-0.1, -0.05) is 25.5 Å². The molecular formula is C29H35F3N6O. The summed E-state index contributed by atoms with van der Waals surface area (Å²) >= 11 is 0. The molecule has 2 aromatic heterocycles. The molecule has 2 aliphatic heterocycles. The van der Waals surface area contributed by atoms with Gasteiger partial charge in [-0.3, -0.25) is 19.3 Å². The number of nitrogens with zero attached hydrogens (tertiary/aromatic N) is 5. The van der Waals surface area contributed by atoms with E-state index in [4.69, 9.17) is 0 Å². The maximum absolute atomic E-state index is 14.2. The van der Waals surface area contributed by atoms with Gasteiger partial charge in [-0.15, -0.1) is 0 Å². The molecule has 0 spiro atoms. The average Bonchev–Trinajstić information content (AvgIpc) is 3.43. The summed E-state index contributed by atoms with van der Waals surface area (Å²) in [4.78, 5) is 17.9. The van der Waals surface area contributed by atoms with E-state index >= 15 is 0 Å². The van der Waals surface area contributed by atoms with Gasteiger partial charge < -0.3 is 4.90 Å². The molecule has 1 aliphatic carbocycles. The highest BCUT2D eigenvalue weighted by atomic mass is 19.4. The van der Waals surface area contributed by atoms with E-state index in [9.17, 15) is 18.0 Å². The summed E-state index contributed by atoms with van der Waals surface area (Å²) in [5.41, 5.74) is 3.71. The Morgan fingerprint density at radius 3 is 2.62 bits per heavy atom. The lowest BCUT2D eigenvalue weighted by molar-refractivity contribution is -0.136. The van der Waals surface area contributed by atoms with Crippen molar-refractivity contribution in [1.82, 2.24) is 24.2 Å². The molecule has 0 bridgehead atoms. The van der Waals surface area contributed by atoms with Crippen molar-refractivity contribution in [2.24, 2.45) is 16.9 Å². The fourth-order valence-corrected chi connectivity index (χ4v) is 6.40. The van der Waals surface area contributed by atoms with Crippen molar-refractivity contribution >= 4 is 11.4 Å². The molecule has 0 radical (unpaired) electrons. The number of amidine groups is 1. The molecule has 1 unspecified atom stereocenters. The molecule has 3 aromatic rings. The molecule has 6 rings (SSSR count). The van der Waals surface area contributed by atoms with E-state index in [-0.39, 0.29) is 11.4 Å². The number of likely N-dealkylation sites (N-methyl/N-ethyl adjacent to an activating group) is 1. The van der Waals surface area contributed by atoms with Crippen molar-refractivity contribution in [1.29, 1.82) is 0 Å². The van der Waals surface area contributed by atoms with Gasteiger partial charge in [0.15, 0.2) is 0 Å². The van der Waals surface area contributed by atoms with E-state index in [1.807, 2.05) is 25.2 Å². The first-order valence-corrected chi connectivity index (χ1v) is 13.9. The zero-order chi connectivity index (χ0) is 27.3. The lowest BCUT2D eigenvalue weighted by atomic mass is 9.72. The first-order valence-electron chi connectivity index (χ1n) is 13.9. The summed E-state index contributed by atoms with van der Waals surface area (Å²) in [6.07, 6.45) is 3.87. The van der Waals surface area contributed by atoms with Crippen molar-refractivity contribution in [3.8, 4) is 5.69 Å². The Bertz CT molecular complexity index is 1450. The third-order valence-corrected chi connectivity index (χ3v) is 8.58. The predicted octanol–water partition coefficient (Wildman–Crippen LogP) is 5.03. The van der Waals surface area contributed by atoms with Crippen LogP contribution in [-0.4, -0.2) is 51.4 Å². The Morgan fingerprint density at radius 2 is 1.95 bits per heavy atom. The molecule has 1 saturated heterocycles. The van der Waals surface area contributed by atoms with Crippen LogP contribution < -0.4 is 11.1 Å². The Labute approximate surface area is 225 Å². The van der Waals surface area contributed by atoms with Crippen LogP contribution in [0, 0.1) is 11.8 Å². The Balaban J connectivity index is 1.41. The number of imidazole rings is 1. The largest absolute Gasteiger partial charge is 0.418 e. The first-order chi connectivity index (χ1) is 18.7. The lowest BCUT2D eigenvalue weighted by Gasteiger charge is -2.35. The van der Waals surface area contributed by atoms with Crippen LogP contribution in [0.3, 0.4) is 0 Å². The van der Waals surface area contributed by atoms with E-state index in [1.54, 1.807) is 12.3 Å². The number of benzene rings is 1. The Hall–Kier alpha value is -3.27. The van der Waals surface area contributed by atoms with Gasteiger partial charge in [0.2, 0.25) is 0 Å². The van der Waals surface area contributed by atoms with Gasteiger partial charge in [0, 0.05) is 38.4 Å². The number of aromatic nitrogens is 2. The van der Waals surface area contributed by atoms with Gasteiger partial charge in [-0.2, -0.15) is 18.3 Å². The van der Waals surface area contributed by atoms with E-state index in [0.717, 1.165) is 50.2 Å². The Kier molecular flexibility index (Phi) is 6.69. The van der Waals surface area contributed by atoms with Crippen LogP contribution in [0.5, 0.6) is 0 Å². The fraction of sp³-hybridized carbons (Fsp3) is 0.517. The monoisotopic (exact) mass is 540 g/mol. The standard InChI is InChI=1S/C29H35F3N6O/c1-19-6-5-11-36(14-19)15-20-12-24(29(30,31)32)25-17-37(28(39)38(25)16-20)23-10-4-9-22(13-23)26(21-7-3-8-21)27-34-33-18-35(27)2/h4,9-10,12-13,16-17,19,21,26,33H,3,5-8,11,14-15,18H2,1-2H3/t19-,26?/m0/s1. The number of alkyl halides is 3. The highest BCUT2D eigenvalue weighted by molar-refractivity contribution is 5.90. The van der Waals surface area contributed by atoms with Gasteiger partial charge in [0.1, 0.15) is 12.5 Å². The quantitative estimate of drug-likeness (QED) is 0.477. The number of hydrazone groups is 1. The summed E-state index contributed by atoms with van der Waals surface area (Å²) < 4.78 is 45.2. The topological polar surface area (TPSA) is 57.3 Å². The van der Waals surface area contributed by atoms with Crippen molar-refractivity contribution in [2.75, 3.05) is 26.8 Å². The van der Waals surface area contributed by atoms with Crippen LogP contribution >= 0.6 is 0 Å². The molecular weight excluding hydrogens is 505 g/mol. The molecule has 2 fully saturated rings. The second-order valence-corrected chi connectivity index (χ2v) is 11.5. The van der Waals surface area contributed by atoms with Crippen LogP contribution in [0.15, 0.2) is 52.6 Å². The molecule has 2 atom stereocenters. The van der Waals surface area contributed by atoms with Crippen molar-refractivity contribution in [3.05, 3.63) is 69.9 Å². The number of pyridine rings is 1. The molecule has 10 heteroatoms. The first kappa shape index (κ1) is 26.0. The Morgan fingerprint density at radius 1 is 1.13 bits per heavy atom. The third kappa shape index (κ3) is 4.95. The highest BCUT2D eigenvalue weighted by Gasteiger charge is 2.37. The van der Waals surface area contributed by atoms with Gasteiger partial charge in [-0.25, -0.2) is 4.79 Å². The third-order valence-electron chi connectivity index (χ3n) is 8.58. The average molecular weight is 541 g/mol. The molecule has 7 nitrogen and oxygen atoms in total. The van der Waals surface area contributed by atoms with Gasteiger partial charge in [0.25, 0.3) is 0 Å². The van der Waals surface area contributed by atoms with Crippen LogP contribution in [0.4, 0.5) is 13.2 Å². The SMILES string of the molecule is C[C@H]1CCCN(Cc2cc(C(F)(F)F)c3cn(-c4cccc(C(C5=NNCN5C)C5CCC5)c4)c(=O)n3c2)C1. The molecule has 1 aromatic carbocycles. The predicted molar refractivity (Wildman–Crippen MR) is 145 cm³/mol. The van der Waals surface area contributed by atoms with Crippen LogP contribution in [0.1, 0.15) is 61.6 Å². The maximum atomic E-state index is 14.2. The van der Waals surface area contributed by atoms with Crippen molar-refractivity contribution in [3.63, 3.8) is 0 Å². The summed E-state index contributed by atoms with van der Waals surface area (Å²) in [6, 6.07) is 8.83. The second-order valence-electron chi connectivity index (χ2n) is 11.5. The molecule has 0 amide bonds. The van der Waals surface area contributed by atoms with E-state index in [1.165, 1.54) is 27.7 Å². The number of rotatable bonds is 6. The van der Waals surface area contributed by atoms with Gasteiger partial charge in [0.05, 0.1) is 16.8 Å². The minimum Gasteiger partial charge on any atom is -0.342 e. The molecule has 1 N–H and O–H groups in total. The number of hydrogen-bond donors (Lipinski definition) is 1. The van der Waals surface area contributed by atoms with Crippen LogP contribution in [0.2, 0.25) is 0 Å². The van der Waals surface area contributed by atoms with Crippen LogP contribution in [0.25, 0.3) is 11.2 Å². The van der Waals surface area contributed by atoms with E-state index in [2.05, 4.69) is 27.3 Å². The smallest absolute Gasteiger partial charge is 0.342 e. The molecule has 208 valence electrons. The summed E-state index contributed by atoms with van der Waals surface area (Å²) in [6.45, 7) is 4.90. The van der Waals surface area contributed by atoms with Crippen molar-refractivity contribution in [2.45, 2.75) is 57.7 Å². The summed E-state index contributed by atoms with van der Waals surface area (Å²) in [5.74, 6) is 1.98. The number of piperidine rings is 1. The number of halogens is 3. The van der Waals surface area contributed by atoms with E-state index < -0.39 is 17.4 Å². The zero-order valence-corrected chi connectivity index (χ0v) is 22.4. The number of nitrogens with one attached hydrogen (secondary N) is 1. The highest BCUT2D eigenvalue weighted by Crippen LogP contribution is 2.41. The fourth-order valence-electron chi connectivity index (χ4n) is 6.40. The lowest BCUT2D eigenvalue weighted by Crippen LogP contribution is -2.35. The van der Waals surface area contributed by atoms with Crippen LogP contribution in [-0.2, 0) is 12.7 Å². The minimum atomic E-state index is -4.58. The molecule has 39 heavy (non-hydrogen) atoms. The minimum absolute atomic E-state index is 0.0655.